The van der Waals surface area contributed by atoms with Gasteiger partial charge in [0.15, 0.2) is 0 Å². The van der Waals surface area contributed by atoms with Crippen molar-refractivity contribution in [3.8, 4) is 5.69 Å². The van der Waals surface area contributed by atoms with E-state index in [9.17, 15) is 9.18 Å². The highest BCUT2D eigenvalue weighted by Gasteiger charge is 2.18. The van der Waals surface area contributed by atoms with E-state index in [2.05, 4.69) is 22.0 Å². The number of aromatic nitrogens is 3. The van der Waals surface area contributed by atoms with Crippen molar-refractivity contribution in [3.05, 3.63) is 42.7 Å². The maximum absolute atomic E-state index is 13.2. The van der Waals surface area contributed by atoms with Crippen LogP contribution < -0.4 is 5.32 Å². The summed E-state index contributed by atoms with van der Waals surface area (Å²) in [4.78, 5) is 15.6. The second-order valence-electron chi connectivity index (χ2n) is 5.56. The van der Waals surface area contributed by atoms with Crippen molar-refractivity contribution in [1.29, 1.82) is 0 Å². The number of carbonyl (C=O) groups excluding carboxylic acids is 1. The molecule has 1 N–H and O–H groups in total. The molecule has 0 aliphatic heterocycles. The normalized spacial score (nSPS) is 11.1. The SMILES string of the molecule is C=Cc1nn(-c2cncc(F)c2)cc1NC(=O)OC(C)(C)C. The van der Waals surface area contributed by atoms with Crippen LogP contribution in [0.2, 0.25) is 0 Å². The Kier molecular flexibility index (Phi) is 4.25. The lowest BCUT2D eigenvalue weighted by Gasteiger charge is -2.19. The van der Waals surface area contributed by atoms with Gasteiger partial charge in [-0.3, -0.25) is 10.3 Å². The minimum atomic E-state index is -0.610. The van der Waals surface area contributed by atoms with Crippen molar-refractivity contribution in [2.45, 2.75) is 26.4 Å². The first kappa shape index (κ1) is 15.7. The molecule has 6 nitrogen and oxygen atoms in total. The van der Waals surface area contributed by atoms with Crippen LogP contribution in [0.4, 0.5) is 14.9 Å². The Morgan fingerprint density at radius 1 is 1.45 bits per heavy atom. The highest BCUT2D eigenvalue weighted by atomic mass is 19.1. The summed E-state index contributed by atoms with van der Waals surface area (Å²) < 4.78 is 19.8. The van der Waals surface area contributed by atoms with Gasteiger partial charge in [0, 0.05) is 6.07 Å². The maximum Gasteiger partial charge on any atom is 0.412 e. The summed E-state index contributed by atoms with van der Waals surface area (Å²) in [5, 5.41) is 6.80. The molecule has 0 aromatic carbocycles. The average molecular weight is 304 g/mol. The molecule has 2 aromatic heterocycles. The molecule has 1 amide bonds. The van der Waals surface area contributed by atoms with Gasteiger partial charge in [0.05, 0.1) is 30.0 Å². The Morgan fingerprint density at radius 3 is 2.77 bits per heavy atom. The third-order valence-corrected chi connectivity index (χ3v) is 2.53. The predicted molar refractivity (Wildman–Crippen MR) is 81.3 cm³/mol. The van der Waals surface area contributed by atoms with Gasteiger partial charge < -0.3 is 4.74 Å². The van der Waals surface area contributed by atoms with E-state index in [0.29, 0.717) is 17.1 Å². The lowest BCUT2D eigenvalue weighted by Crippen LogP contribution is -2.27. The Morgan fingerprint density at radius 2 is 2.18 bits per heavy atom. The minimum Gasteiger partial charge on any atom is -0.444 e. The van der Waals surface area contributed by atoms with Crippen LogP contribution in [-0.2, 0) is 4.74 Å². The van der Waals surface area contributed by atoms with E-state index < -0.39 is 17.5 Å². The maximum atomic E-state index is 13.2. The van der Waals surface area contributed by atoms with Crippen LogP contribution in [0.5, 0.6) is 0 Å². The Labute approximate surface area is 127 Å². The molecule has 0 aliphatic carbocycles. The molecule has 2 aromatic rings. The number of amides is 1. The molecule has 0 atom stereocenters. The number of nitrogens with one attached hydrogen (secondary N) is 1. The van der Waals surface area contributed by atoms with Gasteiger partial charge in [-0.05, 0) is 26.8 Å². The smallest absolute Gasteiger partial charge is 0.412 e. The molecule has 2 rings (SSSR count). The quantitative estimate of drug-likeness (QED) is 0.943. The third-order valence-electron chi connectivity index (χ3n) is 2.53. The van der Waals surface area contributed by atoms with Gasteiger partial charge in [-0.15, -0.1) is 0 Å². The fourth-order valence-corrected chi connectivity index (χ4v) is 1.71. The Hall–Kier alpha value is -2.70. The van der Waals surface area contributed by atoms with Crippen LogP contribution in [-0.4, -0.2) is 26.5 Å². The van der Waals surface area contributed by atoms with Gasteiger partial charge in [0.2, 0.25) is 0 Å². The Balaban J connectivity index is 2.26. The average Bonchev–Trinajstić information content (AvgIpc) is 2.79. The highest BCUT2D eigenvalue weighted by molar-refractivity contribution is 5.87. The van der Waals surface area contributed by atoms with E-state index in [-0.39, 0.29) is 0 Å². The summed E-state index contributed by atoms with van der Waals surface area (Å²) in [6.45, 7) is 8.94. The van der Waals surface area contributed by atoms with E-state index in [1.807, 2.05) is 0 Å². The molecule has 0 aliphatic rings. The number of carbonyl (C=O) groups is 1. The molecule has 0 spiro atoms. The summed E-state index contributed by atoms with van der Waals surface area (Å²) in [6.07, 6.45) is 4.97. The molecule has 0 radical (unpaired) electrons. The van der Waals surface area contributed by atoms with Gasteiger partial charge in [0.1, 0.15) is 17.1 Å². The Bertz CT molecular complexity index is 704. The van der Waals surface area contributed by atoms with Gasteiger partial charge in [0.25, 0.3) is 0 Å². The van der Waals surface area contributed by atoms with Crippen molar-refractivity contribution in [2.75, 3.05) is 5.32 Å². The standard InChI is InChI=1S/C15H17FN4O2/c1-5-12-13(18-14(21)22-15(2,3)4)9-20(19-12)11-6-10(16)7-17-8-11/h5-9H,1H2,2-4H3,(H,18,21). The molecule has 2 heterocycles. The number of rotatable bonds is 3. The van der Waals surface area contributed by atoms with Crippen LogP contribution in [0.1, 0.15) is 26.5 Å². The molecular formula is C15H17FN4O2. The molecule has 7 heteroatoms. The van der Waals surface area contributed by atoms with Crippen molar-refractivity contribution >= 4 is 17.9 Å². The number of ether oxygens (including phenoxy) is 1. The third kappa shape index (κ3) is 3.91. The van der Waals surface area contributed by atoms with Crippen LogP contribution in [0.3, 0.4) is 0 Å². The number of hydrogen-bond donors (Lipinski definition) is 1. The molecule has 116 valence electrons. The summed E-state index contributed by atoms with van der Waals surface area (Å²) in [5.74, 6) is -0.477. The molecular weight excluding hydrogens is 287 g/mol. The number of pyridine rings is 1. The topological polar surface area (TPSA) is 69.0 Å². The second-order valence-corrected chi connectivity index (χ2v) is 5.56. The van der Waals surface area contributed by atoms with Crippen LogP contribution in [0.15, 0.2) is 31.2 Å². The van der Waals surface area contributed by atoms with Crippen LogP contribution >= 0.6 is 0 Å². The first-order valence-corrected chi connectivity index (χ1v) is 6.61. The van der Waals surface area contributed by atoms with E-state index in [1.165, 1.54) is 29.2 Å². The first-order chi connectivity index (χ1) is 10.3. The van der Waals surface area contributed by atoms with Crippen molar-refractivity contribution in [3.63, 3.8) is 0 Å². The monoisotopic (exact) mass is 304 g/mol. The van der Waals surface area contributed by atoms with Crippen molar-refractivity contribution in [1.82, 2.24) is 14.8 Å². The summed E-state index contributed by atoms with van der Waals surface area (Å²) in [7, 11) is 0. The van der Waals surface area contributed by atoms with Gasteiger partial charge >= 0.3 is 6.09 Å². The second kappa shape index (κ2) is 5.97. The summed E-state index contributed by atoms with van der Waals surface area (Å²) in [6, 6.07) is 1.28. The fraction of sp³-hybridized carbons (Fsp3) is 0.267. The number of nitrogens with zero attached hydrogens (tertiary/aromatic N) is 3. The fourth-order valence-electron chi connectivity index (χ4n) is 1.71. The van der Waals surface area contributed by atoms with Crippen LogP contribution in [0.25, 0.3) is 11.8 Å². The highest BCUT2D eigenvalue weighted by Crippen LogP contribution is 2.19. The largest absolute Gasteiger partial charge is 0.444 e. The molecule has 0 unspecified atom stereocenters. The zero-order chi connectivity index (χ0) is 16.3. The number of hydrogen-bond acceptors (Lipinski definition) is 4. The summed E-state index contributed by atoms with van der Waals surface area (Å²) >= 11 is 0. The molecule has 22 heavy (non-hydrogen) atoms. The predicted octanol–water partition coefficient (Wildman–Crippen LogP) is 3.40. The van der Waals surface area contributed by atoms with E-state index in [4.69, 9.17) is 4.74 Å². The molecule has 0 fully saturated rings. The van der Waals surface area contributed by atoms with Crippen molar-refractivity contribution < 1.29 is 13.9 Å². The van der Waals surface area contributed by atoms with Gasteiger partial charge in [-0.1, -0.05) is 6.58 Å². The lowest BCUT2D eigenvalue weighted by atomic mass is 10.2. The van der Waals surface area contributed by atoms with Gasteiger partial charge in [-0.2, -0.15) is 5.10 Å². The minimum absolute atomic E-state index is 0.411. The number of anilines is 1. The van der Waals surface area contributed by atoms with E-state index >= 15 is 0 Å². The van der Waals surface area contributed by atoms with Gasteiger partial charge in [-0.25, -0.2) is 13.9 Å². The van der Waals surface area contributed by atoms with Crippen molar-refractivity contribution in [2.24, 2.45) is 0 Å². The van der Waals surface area contributed by atoms with Crippen LogP contribution in [0, 0.1) is 5.82 Å². The zero-order valence-corrected chi connectivity index (χ0v) is 12.6. The first-order valence-electron chi connectivity index (χ1n) is 6.61. The van der Waals surface area contributed by atoms with E-state index in [1.54, 1.807) is 20.8 Å². The lowest BCUT2D eigenvalue weighted by molar-refractivity contribution is 0.0636. The molecule has 0 saturated carbocycles. The molecule has 0 saturated heterocycles. The summed E-state index contributed by atoms with van der Waals surface area (Å²) in [5.41, 5.74) is 0.671. The molecule has 0 bridgehead atoms. The zero-order valence-electron chi connectivity index (χ0n) is 12.6. The van der Waals surface area contributed by atoms with E-state index in [0.717, 1.165) is 6.20 Å². The number of halogens is 1.